The number of fused-ring (bicyclic) bond motifs is 1. The Morgan fingerprint density at radius 3 is 2.70 bits per heavy atom. The number of benzene rings is 2. The van der Waals surface area contributed by atoms with E-state index in [2.05, 4.69) is 57.2 Å². The van der Waals surface area contributed by atoms with Crippen molar-refractivity contribution in [1.82, 2.24) is 0 Å². The molecule has 0 unspecified atom stereocenters. The van der Waals surface area contributed by atoms with Crippen LogP contribution in [0.5, 0.6) is 0 Å². The zero-order valence-electron chi connectivity index (χ0n) is 11.3. The van der Waals surface area contributed by atoms with Gasteiger partial charge >= 0.3 is 0 Å². The molecular weight excluding hydrogens is 334 g/mol. The summed E-state index contributed by atoms with van der Waals surface area (Å²) in [7, 11) is 0. The molecule has 1 aliphatic heterocycles. The molecule has 0 aliphatic carbocycles. The van der Waals surface area contributed by atoms with Gasteiger partial charge in [-0.25, -0.2) is 0 Å². The Labute approximate surface area is 133 Å². The summed E-state index contributed by atoms with van der Waals surface area (Å²) in [5, 5.41) is 1.64. The minimum absolute atomic E-state index is 0.804. The molecule has 0 atom stereocenters. The van der Waals surface area contributed by atoms with Crippen LogP contribution in [0.25, 0.3) is 0 Å². The largest absolute Gasteiger partial charge is 0.367 e. The summed E-state index contributed by atoms with van der Waals surface area (Å²) < 4.78 is 0. The van der Waals surface area contributed by atoms with Crippen molar-refractivity contribution >= 4 is 33.2 Å². The molecule has 1 aliphatic rings. The smallest absolute Gasteiger partial charge is 0.0432 e. The number of halogens is 2. The first-order chi connectivity index (χ1) is 9.78. The second-order valence-corrected chi connectivity index (χ2v) is 6.20. The van der Waals surface area contributed by atoms with Crippen molar-refractivity contribution in [2.45, 2.75) is 24.7 Å². The molecule has 3 heteroatoms. The summed E-state index contributed by atoms with van der Waals surface area (Å²) in [4.78, 5) is 2.47. The summed E-state index contributed by atoms with van der Waals surface area (Å²) in [6, 6.07) is 15.0. The third-order valence-electron chi connectivity index (χ3n) is 3.88. The molecule has 104 valence electrons. The predicted molar refractivity (Wildman–Crippen MR) is 89.9 cm³/mol. The van der Waals surface area contributed by atoms with Gasteiger partial charge in [0.15, 0.2) is 0 Å². The van der Waals surface area contributed by atoms with E-state index in [9.17, 15) is 0 Å². The molecule has 3 rings (SSSR count). The topological polar surface area (TPSA) is 3.24 Å². The fourth-order valence-electron chi connectivity index (χ4n) is 2.88. The van der Waals surface area contributed by atoms with Gasteiger partial charge in [-0.3, -0.25) is 0 Å². The number of hydrogen-bond acceptors (Lipinski definition) is 1. The van der Waals surface area contributed by atoms with Crippen LogP contribution in [0, 0.1) is 0 Å². The van der Waals surface area contributed by atoms with Gasteiger partial charge in [-0.05, 0) is 47.7 Å². The number of anilines is 1. The van der Waals surface area contributed by atoms with E-state index in [1.807, 2.05) is 6.07 Å². The number of hydrogen-bond donors (Lipinski definition) is 0. The minimum Gasteiger partial charge on any atom is -0.367 e. The van der Waals surface area contributed by atoms with Crippen LogP contribution in [0.2, 0.25) is 5.02 Å². The molecule has 0 bridgehead atoms. The molecule has 2 aromatic carbocycles. The van der Waals surface area contributed by atoms with Gasteiger partial charge in [-0.15, -0.1) is 0 Å². The van der Waals surface area contributed by atoms with Gasteiger partial charge in [-0.2, -0.15) is 0 Å². The minimum atomic E-state index is 0.804. The molecular formula is C17H17BrClN. The van der Waals surface area contributed by atoms with Gasteiger partial charge < -0.3 is 4.90 Å². The first-order valence-electron chi connectivity index (χ1n) is 6.94. The molecule has 2 aromatic rings. The maximum atomic E-state index is 6.11. The van der Waals surface area contributed by atoms with Gasteiger partial charge in [0.1, 0.15) is 0 Å². The lowest BCUT2D eigenvalue weighted by atomic mass is 10.0. The molecule has 0 radical (unpaired) electrons. The van der Waals surface area contributed by atoms with Crippen molar-refractivity contribution in [2.75, 3.05) is 11.4 Å². The Balaban J connectivity index is 1.95. The van der Waals surface area contributed by atoms with Crippen molar-refractivity contribution in [1.29, 1.82) is 0 Å². The van der Waals surface area contributed by atoms with E-state index in [1.54, 1.807) is 0 Å². The van der Waals surface area contributed by atoms with Crippen LogP contribution in [0.1, 0.15) is 23.1 Å². The molecule has 0 saturated heterocycles. The van der Waals surface area contributed by atoms with Crippen molar-refractivity contribution < 1.29 is 0 Å². The Kier molecular flexibility index (Phi) is 4.32. The van der Waals surface area contributed by atoms with Gasteiger partial charge in [0, 0.05) is 29.1 Å². The average Bonchev–Trinajstić information content (AvgIpc) is 2.69. The molecule has 0 saturated carbocycles. The van der Waals surface area contributed by atoms with Gasteiger partial charge in [-0.1, -0.05) is 51.8 Å². The van der Waals surface area contributed by atoms with E-state index < -0.39 is 0 Å². The Bertz CT molecular complexity index is 612. The fraction of sp³-hybridized carbons (Fsp3) is 0.294. The van der Waals surface area contributed by atoms with E-state index in [4.69, 9.17) is 11.6 Å². The number of rotatable bonds is 2. The van der Waals surface area contributed by atoms with Crippen LogP contribution in [-0.4, -0.2) is 6.54 Å². The van der Waals surface area contributed by atoms with Crippen LogP contribution >= 0.6 is 27.5 Å². The molecule has 1 nitrogen and oxygen atoms in total. The second kappa shape index (κ2) is 6.19. The molecule has 0 N–H and O–H groups in total. The second-order valence-electron chi connectivity index (χ2n) is 5.20. The standard InChI is InChI=1S/C17H17BrClN/c18-11-15-10-16(19)7-8-17(15)20-9-3-6-13-4-1-2-5-14(13)12-20/h1-2,4-5,7-8,10H,3,6,9,11-12H2. The van der Waals surface area contributed by atoms with Crippen LogP contribution in [0.15, 0.2) is 42.5 Å². The maximum Gasteiger partial charge on any atom is 0.0432 e. The lowest BCUT2D eigenvalue weighted by Gasteiger charge is -2.25. The molecule has 0 fully saturated rings. The van der Waals surface area contributed by atoms with Crippen LogP contribution in [0.4, 0.5) is 5.69 Å². The summed E-state index contributed by atoms with van der Waals surface area (Å²) >= 11 is 9.68. The SMILES string of the molecule is Clc1ccc(N2CCCc3ccccc3C2)c(CBr)c1. The van der Waals surface area contributed by atoms with Crippen molar-refractivity contribution in [3.63, 3.8) is 0 Å². The zero-order valence-corrected chi connectivity index (χ0v) is 13.6. The summed E-state index contributed by atoms with van der Waals surface area (Å²) in [6.07, 6.45) is 2.37. The highest BCUT2D eigenvalue weighted by molar-refractivity contribution is 9.08. The molecule has 0 amide bonds. The van der Waals surface area contributed by atoms with E-state index in [0.29, 0.717) is 0 Å². The van der Waals surface area contributed by atoms with Crippen LogP contribution in [-0.2, 0) is 18.3 Å². The van der Waals surface area contributed by atoms with Gasteiger partial charge in [0.25, 0.3) is 0 Å². The fourth-order valence-corrected chi connectivity index (χ4v) is 3.52. The monoisotopic (exact) mass is 349 g/mol. The van der Waals surface area contributed by atoms with Gasteiger partial charge in [0.05, 0.1) is 0 Å². The highest BCUT2D eigenvalue weighted by Crippen LogP contribution is 2.30. The molecule has 20 heavy (non-hydrogen) atoms. The Morgan fingerprint density at radius 1 is 1.10 bits per heavy atom. The van der Waals surface area contributed by atoms with Crippen molar-refractivity contribution in [2.24, 2.45) is 0 Å². The number of aryl methyl sites for hydroxylation is 1. The maximum absolute atomic E-state index is 6.11. The summed E-state index contributed by atoms with van der Waals surface area (Å²) in [5.41, 5.74) is 5.49. The average molecular weight is 351 g/mol. The molecule has 0 aromatic heterocycles. The zero-order chi connectivity index (χ0) is 13.9. The third-order valence-corrected chi connectivity index (χ3v) is 4.72. The Hall–Kier alpha value is -0.990. The van der Waals surface area contributed by atoms with Crippen molar-refractivity contribution in [3.8, 4) is 0 Å². The lowest BCUT2D eigenvalue weighted by Crippen LogP contribution is -2.23. The lowest BCUT2D eigenvalue weighted by molar-refractivity contribution is 0.763. The Morgan fingerprint density at radius 2 is 1.90 bits per heavy atom. The van der Waals surface area contributed by atoms with E-state index in [1.165, 1.54) is 35.2 Å². The first-order valence-corrected chi connectivity index (χ1v) is 8.44. The van der Waals surface area contributed by atoms with Crippen LogP contribution < -0.4 is 4.90 Å². The highest BCUT2D eigenvalue weighted by atomic mass is 79.9. The quantitative estimate of drug-likeness (QED) is 0.674. The molecule has 0 spiro atoms. The summed E-state index contributed by atoms with van der Waals surface area (Å²) in [6.45, 7) is 2.08. The first kappa shape index (κ1) is 14.0. The third kappa shape index (κ3) is 2.87. The highest BCUT2D eigenvalue weighted by Gasteiger charge is 2.16. The normalized spacial score (nSPS) is 14.8. The molecule has 1 heterocycles. The number of nitrogens with zero attached hydrogens (tertiary/aromatic N) is 1. The summed E-state index contributed by atoms with van der Waals surface area (Å²) in [5.74, 6) is 0. The van der Waals surface area contributed by atoms with E-state index >= 15 is 0 Å². The van der Waals surface area contributed by atoms with Crippen LogP contribution in [0.3, 0.4) is 0 Å². The van der Waals surface area contributed by atoms with E-state index in [0.717, 1.165) is 23.4 Å². The van der Waals surface area contributed by atoms with Crippen molar-refractivity contribution in [3.05, 3.63) is 64.2 Å². The van der Waals surface area contributed by atoms with Gasteiger partial charge in [0.2, 0.25) is 0 Å². The predicted octanol–water partition coefficient (Wildman–Crippen LogP) is 5.19. The number of alkyl halides is 1. The van der Waals surface area contributed by atoms with E-state index in [-0.39, 0.29) is 0 Å².